The molecule has 2 N–H and O–H groups in total. The highest BCUT2D eigenvalue weighted by Crippen LogP contribution is 2.22. The van der Waals surface area contributed by atoms with Crippen molar-refractivity contribution >= 4 is 0 Å². The summed E-state index contributed by atoms with van der Waals surface area (Å²) in [4.78, 5) is 0. The van der Waals surface area contributed by atoms with E-state index in [1.807, 2.05) is 0 Å². The normalized spacial score (nSPS) is 23.0. The van der Waals surface area contributed by atoms with E-state index >= 15 is 0 Å². The first-order valence-corrected chi connectivity index (χ1v) is 7.44. The predicted octanol–water partition coefficient (Wildman–Crippen LogP) is 2.26. The maximum Gasteiger partial charge on any atom is 0.0205 e. The van der Waals surface area contributed by atoms with Crippen LogP contribution in [-0.4, -0.2) is 19.6 Å². The zero-order chi connectivity index (χ0) is 12.2. The summed E-state index contributed by atoms with van der Waals surface area (Å²) in [7, 11) is 0. The average molecular weight is 244 g/mol. The van der Waals surface area contributed by atoms with Crippen molar-refractivity contribution in [1.29, 1.82) is 0 Å². The average Bonchev–Trinajstić information content (AvgIpc) is 2.92. The van der Waals surface area contributed by atoms with Crippen LogP contribution in [0.3, 0.4) is 0 Å². The van der Waals surface area contributed by atoms with Crippen LogP contribution in [0.5, 0.6) is 0 Å². The minimum Gasteiger partial charge on any atom is -0.316 e. The van der Waals surface area contributed by atoms with E-state index < -0.39 is 0 Å². The Kier molecular flexibility index (Phi) is 3.96. The van der Waals surface area contributed by atoms with Gasteiger partial charge in [-0.1, -0.05) is 18.2 Å². The maximum absolute atomic E-state index is 3.61. The lowest BCUT2D eigenvalue weighted by Gasteiger charge is -2.17. The van der Waals surface area contributed by atoms with Crippen LogP contribution in [0.2, 0.25) is 0 Å². The van der Waals surface area contributed by atoms with Crippen LogP contribution >= 0.6 is 0 Å². The Balaban J connectivity index is 1.52. The molecule has 0 bridgehead atoms. The molecule has 1 aromatic rings. The first-order valence-electron chi connectivity index (χ1n) is 7.44. The topological polar surface area (TPSA) is 24.1 Å². The molecular weight excluding hydrogens is 220 g/mol. The van der Waals surface area contributed by atoms with Gasteiger partial charge in [0.25, 0.3) is 0 Å². The van der Waals surface area contributed by atoms with Crippen LogP contribution in [0.25, 0.3) is 0 Å². The van der Waals surface area contributed by atoms with Gasteiger partial charge in [-0.2, -0.15) is 0 Å². The first kappa shape index (κ1) is 12.2. The van der Waals surface area contributed by atoms with E-state index in [4.69, 9.17) is 0 Å². The summed E-state index contributed by atoms with van der Waals surface area (Å²) in [5.41, 5.74) is 4.65. The van der Waals surface area contributed by atoms with Crippen molar-refractivity contribution in [3.05, 3.63) is 34.9 Å². The minimum absolute atomic E-state index is 0.836. The molecule has 2 heteroatoms. The van der Waals surface area contributed by atoms with Crippen LogP contribution in [0, 0.1) is 5.92 Å². The molecule has 0 spiro atoms. The number of rotatable bonds is 4. The Morgan fingerprint density at radius 3 is 2.89 bits per heavy atom. The molecule has 2 aliphatic rings. The summed E-state index contributed by atoms with van der Waals surface area (Å²) in [5, 5.41) is 7.03. The molecule has 0 radical (unpaired) electrons. The highest BCUT2D eigenvalue weighted by atomic mass is 14.9. The fraction of sp³-hybridized carbons (Fsp3) is 0.625. The van der Waals surface area contributed by atoms with E-state index in [2.05, 4.69) is 28.8 Å². The molecule has 0 amide bonds. The van der Waals surface area contributed by atoms with Gasteiger partial charge >= 0.3 is 0 Å². The molecule has 0 aromatic heterocycles. The van der Waals surface area contributed by atoms with E-state index in [9.17, 15) is 0 Å². The third-order valence-electron chi connectivity index (χ3n) is 4.34. The lowest BCUT2D eigenvalue weighted by molar-refractivity contribution is 0.512. The fourth-order valence-electron chi connectivity index (χ4n) is 3.21. The van der Waals surface area contributed by atoms with Gasteiger partial charge in [0, 0.05) is 6.54 Å². The van der Waals surface area contributed by atoms with Crippen molar-refractivity contribution < 1.29 is 0 Å². The molecular formula is C16H24N2. The Labute approximate surface area is 110 Å². The van der Waals surface area contributed by atoms with Crippen LogP contribution in [0.4, 0.5) is 0 Å². The summed E-state index contributed by atoms with van der Waals surface area (Å²) in [5.74, 6) is 0.836. The summed E-state index contributed by atoms with van der Waals surface area (Å²) >= 11 is 0. The zero-order valence-electron chi connectivity index (χ0n) is 11.2. The van der Waals surface area contributed by atoms with E-state index in [0.29, 0.717) is 0 Å². The molecule has 1 aliphatic heterocycles. The molecule has 1 atom stereocenters. The van der Waals surface area contributed by atoms with Gasteiger partial charge in [-0.25, -0.2) is 0 Å². The van der Waals surface area contributed by atoms with Gasteiger partial charge in [0.1, 0.15) is 0 Å². The van der Waals surface area contributed by atoms with Crippen molar-refractivity contribution in [2.45, 2.75) is 38.6 Å². The maximum atomic E-state index is 3.61. The lowest BCUT2D eigenvalue weighted by atomic mass is 9.90. The molecule has 1 saturated heterocycles. The van der Waals surface area contributed by atoms with E-state index in [1.165, 1.54) is 50.8 Å². The molecule has 1 aliphatic carbocycles. The van der Waals surface area contributed by atoms with Crippen molar-refractivity contribution in [1.82, 2.24) is 10.6 Å². The number of benzene rings is 1. The third kappa shape index (κ3) is 2.93. The summed E-state index contributed by atoms with van der Waals surface area (Å²) in [6.45, 7) is 4.58. The monoisotopic (exact) mass is 244 g/mol. The molecule has 1 heterocycles. The van der Waals surface area contributed by atoms with Gasteiger partial charge in [0.05, 0.1) is 0 Å². The van der Waals surface area contributed by atoms with Crippen molar-refractivity contribution in [2.24, 2.45) is 5.92 Å². The highest BCUT2D eigenvalue weighted by molar-refractivity contribution is 5.33. The van der Waals surface area contributed by atoms with Gasteiger partial charge in [0.15, 0.2) is 0 Å². The zero-order valence-corrected chi connectivity index (χ0v) is 11.2. The molecule has 2 nitrogen and oxygen atoms in total. The summed E-state index contributed by atoms with van der Waals surface area (Å²) in [6.07, 6.45) is 6.65. The van der Waals surface area contributed by atoms with E-state index in [-0.39, 0.29) is 0 Å². The molecule has 1 fully saturated rings. The Morgan fingerprint density at radius 1 is 1.17 bits per heavy atom. The number of hydrogen-bond donors (Lipinski definition) is 2. The fourth-order valence-corrected chi connectivity index (χ4v) is 3.21. The molecule has 98 valence electrons. The second-order valence-electron chi connectivity index (χ2n) is 5.80. The van der Waals surface area contributed by atoms with Crippen molar-refractivity contribution in [2.75, 3.05) is 19.6 Å². The van der Waals surface area contributed by atoms with Crippen LogP contribution in [0.15, 0.2) is 18.2 Å². The van der Waals surface area contributed by atoms with Crippen LogP contribution in [0.1, 0.15) is 36.0 Å². The number of fused-ring (bicyclic) bond motifs is 1. The molecule has 1 aromatic carbocycles. The van der Waals surface area contributed by atoms with Gasteiger partial charge in [-0.3, -0.25) is 0 Å². The molecule has 18 heavy (non-hydrogen) atoms. The van der Waals surface area contributed by atoms with Gasteiger partial charge in [-0.15, -0.1) is 0 Å². The standard InChI is InChI=1S/C16H24N2/c1-2-4-16-9-13(5-6-15(16)3-1)10-18-12-14-7-8-17-11-14/h5-6,9,14,17-18H,1-4,7-8,10-12H2. The minimum atomic E-state index is 0.836. The van der Waals surface area contributed by atoms with Crippen molar-refractivity contribution in [3.8, 4) is 0 Å². The molecule has 1 unspecified atom stereocenters. The van der Waals surface area contributed by atoms with Gasteiger partial charge in [0.2, 0.25) is 0 Å². The van der Waals surface area contributed by atoms with Crippen LogP contribution in [-0.2, 0) is 19.4 Å². The van der Waals surface area contributed by atoms with Crippen molar-refractivity contribution in [3.63, 3.8) is 0 Å². The van der Waals surface area contributed by atoms with E-state index in [1.54, 1.807) is 11.1 Å². The largest absolute Gasteiger partial charge is 0.316 e. The molecule has 0 saturated carbocycles. The lowest BCUT2D eigenvalue weighted by Crippen LogP contribution is -2.24. The second-order valence-corrected chi connectivity index (χ2v) is 5.80. The van der Waals surface area contributed by atoms with Gasteiger partial charge < -0.3 is 10.6 Å². The Morgan fingerprint density at radius 2 is 2.06 bits per heavy atom. The highest BCUT2D eigenvalue weighted by Gasteiger charge is 2.13. The predicted molar refractivity (Wildman–Crippen MR) is 75.8 cm³/mol. The van der Waals surface area contributed by atoms with E-state index in [0.717, 1.165) is 19.0 Å². The Hall–Kier alpha value is -0.860. The second kappa shape index (κ2) is 5.85. The Bertz CT molecular complexity index is 394. The number of aryl methyl sites for hydroxylation is 2. The number of hydrogen-bond acceptors (Lipinski definition) is 2. The smallest absolute Gasteiger partial charge is 0.0205 e. The summed E-state index contributed by atoms with van der Waals surface area (Å²) < 4.78 is 0. The quantitative estimate of drug-likeness (QED) is 0.849. The number of nitrogens with one attached hydrogen (secondary N) is 2. The first-order chi connectivity index (χ1) is 8.92. The summed E-state index contributed by atoms with van der Waals surface area (Å²) in [6, 6.07) is 7.08. The third-order valence-corrected chi connectivity index (χ3v) is 4.34. The van der Waals surface area contributed by atoms with Gasteiger partial charge in [-0.05, 0) is 74.3 Å². The SMILES string of the molecule is c1cc2c(cc1CNCC1CCNC1)CCCC2. The molecule has 3 rings (SSSR count). The van der Waals surface area contributed by atoms with Crippen LogP contribution < -0.4 is 10.6 Å².